The Morgan fingerprint density at radius 2 is 1.80 bits per heavy atom. The van der Waals surface area contributed by atoms with E-state index < -0.39 is 0 Å². The number of carbonyl (C=O) groups is 1. The lowest BCUT2D eigenvalue weighted by Crippen LogP contribution is -2.46. The molecule has 2 aliphatic heterocycles. The molecule has 1 amide bonds. The Balaban J connectivity index is 1.64. The number of likely N-dealkylation sites (tertiary alicyclic amines) is 1. The molecule has 2 heterocycles. The van der Waals surface area contributed by atoms with E-state index in [1.807, 2.05) is 0 Å². The van der Waals surface area contributed by atoms with Crippen LogP contribution in [0.15, 0.2) is 0 Å². The fourth-order valence-electron chi connectivity index (χ4n) is 4.65. The van der Waals surface area contributed by atoms with E-state index in [4.69, 9.17) is 0 Å². The fraction of sp³-hybridized carbons (Fsp3) is 0.941. The summed E-state index contributed by atoms with van der Waals surface area (Å²) in [6.07, 6.45) is 5.08. The van der Waals surface area contributed by atoms with Crippen LogP contribution in [0.2, 0.25) is 0 Å². The molecule has 3 fully saturated rings. The molecule has 0 aromatic rings. The first kappa shape index (κ1) is 14.4. The summed E-state index contributed by atoms with van der Waals surface area (Å²) in [7, 11) is 0. The molecule has 0 aromatic heterocycles. The first-order chi connectivity index (χ1) is 9.35. The summed E-state index contributed by atoms with van der Waals surface area (Å²) in [6.45, 7) is 12.1. The van der Waals surface area contributed by atoms with Crippen LogP contribution >= 0.6 is 0 Å². The van der Waals surface area contributed by atoms with Crippen LogP contribution in [0, 0.1) is 22.7 Å². The number of carbonyl (C=O) groups excluding carboxylic acids is 1. The highest BCUT2D eigenvalue weighted by molar-refractivity contribution is 5.84. The Bertz CT molecular complexity index is 382. The van der Waals surface area contributed by atoms with Crippen LogP contribution < -0.4 is 5.32 Å². The normalized spacial score (nSPS) is 36.1. The Hall–Kier alpha value is -0.570. The van der Waals surface area contributed by atoms with E-state index in [2.05, 4.69) is 37.9 Å². The van der Waals surface area contributed by atoms with Gasteiger partial charge in [0.25, 0.3) is 0 Å². The molecule has 2 atom stereocenters. The molecule has 2 saturated heterocycles. The van der Waals surface area contributed by atoms with E-state index in [9.17, 15) is 4.79 Å². The molecule has 0 aromatic carbocycles. The molecule has 3 aliphatic rings. The fourth-order valence-corrected chi connectivity index (χ4v) is 4.65. The van der Waals surface area contributed by atoms with Gasteiger partial charge in [-0.3, -0.25) is 4.79 Å². The van der Waals surface area contributed by atoms with Gasteiger partial charge in [0.15, 0.2) is 0 Å². The van der Waals surface area contributed by atoms with Gasteiger partial charge >= 0.3 is 0 Å². The molecule has 0 bridgehead atoms. The average molecular weight is 278 g/mol. The minimum absolute atomic E-state index is 0.169. The van der Waals surface area contributed by atoms with Crippen LogP contribution in [0.25, 0.3) is 0 Å². The summed E-state index contributed by atoms with van der Waals surface area (Å²) >= 11 is 0. The standard InChI is InChI=1S/C17H30N2O/c1-16(2)14(17(16,3)4)15(20)19-10-6-7-12(11-19)13-8-5-9-18-13/h12-14,18H,5-11H2,1-4H3. The topological polar surface area (TPSA) is 32.3 Å². The highest BCUT2D eigenvalue weighted by Crippen LogP contribution is 2.68. The van der Waals surface area contributed by atoms with Crippen LogP contribution in [-0.4, -0.2) is 36.5 Å². The zero-order valence-electron chi connectivity index (χ0n) is 13.5. The van der Waals surface area contributed by atoms with E-state index in [1.165, 1.54) is 25.7 Å². The Morgan fingerprint density at radius 1 is 1.10 bits per heavy atom. The van der Waals surface area contributed by atoms with E-state index in [0.29, 0.717) is 17.9 Å². The first-order valence-electron chi connectivity index (χ1n) is 8.38. The molecular weight excluding hydrogens is 248 g/mol. The molecule has 1 aliphatic carbocycles. The van der Waals surface area contributed by atoms with Crippen LogP contribution in [0.1, 0.15) is 53.4 Å². The maximum atomic E-state index is 12.9. The SMILES string of the molecule is CC1(C)C(C(=O)N2CCCC(C3CCCN3)C2)C1(C)C. The number of rotatable bonds is 2. The maximum Gasteiger partial charge on any atom is 0.226 e. The van der Waals surface area contributed by atoms with Crippen molar-refractivity contribution in [1.29, 1.82) is 0 Å². The van der Waals surface area contributed by atoms with Crippen molar-refractivity contribution in [1.82, 2.24) is 10.2 Å². The number of nitrogens with one attached hydrogen (secondary N) is 1. The largest absolute Gasteiger partial charge is 0.342 e. The lowest BCUT2D eigenvalue weighted by atomic mass is 9.89. The van der Waals surface area contributed by atoms with E-state index in [0.717, 1.165) is 19.6 Å². The predicted octanol–water partition coefficient (Wildman–Crippen LogP) is 2.66. The number of hydrogen-bond donors (Lipinski definition) is 1. The number of piperidine rings is 1. The molecule has 1 saturated carbocycles. The van der Waals surface area contributed by atoms with Crippen molar-refractivity contribution >= 4 is 5.91 Å². The molecule has 114 valence electrons. The molecule has 3 heteroatoms. The molecule has 1 N–H and O–H groups in total. The van der Waals surface area contributed by atoms with Crippen molar-refractivity contribution < 1.29 is 4.79 Å². The zero-order valence-corrected chi connectivity index (χ0v) is 13.5. The van der Waals surface area contributed by atoms with Gasteiger partial charge in [-0.25, -0.2) is 0 Å². The molecular formula is C17H30N2O. The maximum absolute atomic E-state index is 12.9. The average Bonchev–Trinajstić information content (AvgIpc) is 2.82. The van der Waals surface area contributed by atoms with Crippen molar-refractivity contribution in [3.8, 4) is 0 Å². The van der Waals surface area contributed by atoms with Crippen molar-refractivity contribution in [3.63, 3.8) is 0 Å². The summed E-state index contributed by atoms with van der Waals surface area (Å²) in [5.74, 6) is 1.33. The second-order valence-corrected chi connectivity index (χ2v) is 8.27. The molecule has 0 spiro atoms. The summed E-state index contributed by atoms with van der Waals surface area (Å²) in [5.41, 5.74) is 0.339. The van der Waals surface area contributed by atoms with E-state index in [-0.39, 0.29) is 16.7 Å². The van der Waals surface area contributed by atoms with Crippen molar-refractivity contribution in [2.45, 2.75) is 59.4 Å². The first-order valence-corrected chi connectivity index (χ1v) is 8.38. The Labute approximate surface area is 123 Å². The molecule has 2 unspecified atom stereocenters. The highest BCUT2D eigenvalue weighted by Gasteiger charge is 2.68. The van der Waals surface area contributed by atoms with Gasteiger partial charge in [-0.2, -0.15) is 0 Å². The van der Waals surface area contributed by atoms with Gasteiger partial charge in [0.05, 0.1) is 0 Å². The lowest BCUT2D eigenvalue weighted by Gasteiger charge is -2.36. The van der Waals surface area contributed by atoms with Crippen LogP contribution in [-0.2, 0) is 4.79 Å². The number of nitrogens with zero attached hydrogens (tertiary/aromatic N) is 1. The van der Waals surface area contributed by atoms with E-state index in [1.54, 1.807) is 0 Å². The quantitative estimate of drug-likeness (QED) is 0.842. The summed E-state index contributed by atoms with van der Waals surface area (Å²) in [4.78, 5) is 15.0. The van der Waals surface area contributed by atoms with Crippen LogP contribution in [0.5, 0.6) is 0 Å². The van der Waals surface area contributed by atoms with Crippen LogP contribution in [0.4, 0.5) is 0 Å². The third-order valence-corrected chi connectivity index (χ3v) is 6.70. The van der Waals surface area contributed by atoms with Gasteiger partial charge in [-0.1, -0.05) is 27.7 Å². The van der Waals surface area contributed by atoms with Gasteiger partial charge in [0.1, 0.15) is 0 Å². The summed E-state index contributed by atoms with van der Waals surface area (Å²) in [5, 5.41) is 3.63. The molecule has 3 nitrogen and oxygen atoms in total. The monoisotopic (exact) mass is 278 g/mol. The molecule has 20 heavy (non-hydrogen) atoms. The lowest BCUT2D eigenvalue weighted by molar-refractivity contribution is -0.135. The minimum Gasteiger partial charge on any atom is -0.342 e. The minimum atomic E-state index is 0.169. The molecule has 3 rings (SSSR count). The van der Waals surface area contributed by atoms with Crippen LogP contribution in [0.3, 0.4) is 0 Å². The second-order valence-electron chi connectivity index (χ2n) is 8.27. The second kappa shape index (κ2) is 4.72. The van der Waals surface area contributed by atoms with Gasteiger partial charge in [-0.15, -0.1) is 0 Å². The number of hydrogen-bond acceptors (Lipinski definition) is 2. The Morgan fingerprint density at radius 3 is 2.35 bits per heavy atom. The van der Waals surface area contributed by atoms with Crippen molar-refractivity contribution in [2.75, 3.05) is 19.6 Å². The van der Waals surface area contributed by atoms with Gasteiger partial charge in [-0.05, 0) is 49.0 Å². The van der Waals surface area contributed by atoms with E-state index >= 15 is 0 Å². The number of amides is 1. The summed E-state index contributed by atoms with van der Waals surface area (Å²) < 4.78 is 0. The summed E-state index contributed by atoms with van der Waals surface area (Å²) in [6, 6.07) is 0.658. The van der Waals surface area contributed by atoms with Crippen molar-refractivity contribution in [3.05, 3.63) is 0 Å². The highest BCUT2D eigenvalue weighted by atomic mass is 16.2. The van der Waals surface area contributed by atoms with Gasteiger partial charge < -0.3 is 10.2 Å². The smallest absolute Gasteiger partial charge is 0.226 e. The predicted molar refractivity (Wildman–Crippen MR) is 81.4 cm³/mol. The zero-order chi connectivity index (χ0) is 14.5. The molecule has 0 radical (unpaired) electrons. The van der Waals surface area contributed by atoms with Crippen molar-refractivity contribution in [2.24, 2.45) is 22.7 Å². The Kier molecular flexibility index (Phi) is 3.39. The third-order valence-electron chi connectivity index (χ3n) is 6.70. The third kappa shape index (κ3) is 2.09. The van der Waals surface area contributed by atoms with Gasteiger partial charge in [0.2, 0.25) is 5.91 Å². The van der Waals surface area contributed by atoms with Gasteiger partial charge in [0, 0.05) is 25.0 Å².